The summed E-state index contributed by atoms with van der Waals surface area (Å²) in [6.07, 6.45) is 7.11. The van der Waals surface area contributed by atoms with Crippen LogP contribution in [0.1, 0.15) is 69.2 Å². The first-order valence-electron chi connectivity index (χ1n) is 14.9. The van der Waals surface area contributed by atoms with Crippen LogP contribution in [0.15, 0.2) is 48.5 Å². The number of likely N-dealkylation sites (tertiary alicyclic amines) is 2. The molecule has 0 atom stereocenters. The van der Waals surface area contributed by atoms with Crippen molar-refractivity contribution in [2.45, 2.75) is 64.5 Å². The highest BCUT2D eigenvalue weighted by Crippen LogP contribution is 2.34. The summed E-state index contributed by atoms with van der Waals surface area (Å²) in [4.78, 5) is 27.3. The van der Waals surface area contributed by atoms with E-state index < -0.39 is 11.7 Å². The van der Waals surface area contributed by atoms with Gasteiger partial charge in [-0.3, -0.25) is 14.4 Å². The molecule has 0 aliphatic carbocycles. The van der Waals surface area contributed by atoms with Gasteiger partial charge in [0.05, 0.1) is 24.3 Å². The van der Waals surface area contributed by atoms with Gasteiger partial charge in [-0.05, 0) is 94.8 Å². The third-order valence-electron chi connectivity index (χ3n) is 8.17. The lowest BCUT2D eigenvalue weighted by atomic mass is 9.91. The minimum atomic E-state index is -0.832. The van der Waals surface area contributed by atoms with E-state index in [-0.39, 0.29) is 5.97 Å². The number of piperidine rings is 2. The molecule has 2 aromatic carbocycles. The van der Waals surface area contributed by atoms with Crippen molar-refractivity contribution < 1.29 is 19.4 Å². The first kappa shape index (κ1) is 30.1. The van der Waals surface area contributed by atoms with E-state index >= 15 is 0 Å². The molecule has 224 valence electrons. The first-order chi connectivity index (χ1) is 20.0. The number of hydrogen-bond acceptors (Lipinski definition) is 5. The molecule has 0 radical (unpaired) electrons. The SMILES string of the molecule is CC(C)(C)OC(=O)CN1CCC(c2nn(Cc3ccc(Cl)cc3)c3cc(/C=C/C4CCN(C(=O)O)CC4)ccc23)CC1. The molecule has 0 unspecified atom stereocenters. The van der Waals surface area contributed by atoms with Crippen LogP contribution in [0.4, 0.5) is 4.79 Å². The maximum atomic E-state index is 12.4. The molecule has 2 fully saturated rings. The number of carboxylic acid groups (broad SMARTS) is 1. The number of fused-ring (bicyclic) bond motifs is 1. The third kappa shape index (κ3) is 7.72. The second-order valence-corrected chi connectivity index (χ2v) is 13.0. The lowest BCUT2D eigenvalue weighted by Crippen LogP contribution is -2.39. The van der Waals surface area contributed by atoms with Crippen LogP contribution in [0.2, 0.25) is 5.02 Å². The van der Waals surface area contributed by atoms with E-state index in [4.69, 9.17) is 21.4 Å². The van der Waals surface area contributed by atoms with Gasteiger partial charge in [0.1, 0.15) is 5.60 Å². The zero-order valence-electron chi connectivity index (χ0n) is 24.8. The zero-order valence-corrected chi connectivity index (χ0v) is 25.5. The summed E-state index contributed by atoms with van der Waals surface area (Å²) in [7, 11) is 0. The Morgan fingerprint density at radius 1 is 1.02 bits per heavy atom. The molecule has 2 saturated heterocycles. The van der Waals surface area contributed by atoms with E-state index in [1.807, 2.05) is 45.0 Å². The minimum absolute atomic E-state index is 0.174. The number of ether oxygens (including phenoxy) is 1. The van der Waals surface area contributed by atoms with E-state index in [1.54, 1.807) is 0 Å². The van der Waals surface area contributed by atoms with Crippen LogP contribution >= 0.6 is 11.6 Å². The van der Waals surface area contributed by atoms with Gasteiger partial charge in [-0.25, -0.2) is 4.79 Å². The molecule has 5 rings (SSSR count). The summed E-state index contributed by atoms with van der Waals surface area (Å²) in [5, 5.41) is 16.3. The Kier molecular flexibility index (Phi) is 9.23. The van der Waals surface area contributed by atoms with Gasteiger partial charge in [0.15, 0.2) is 0 Å². The number of amides is 1. The van der Waals surface area contributed by atoms with Gasteiger partial charge >= 0.3 is 12.1 Å². The van der Waals surface area contributed by atoms with Crippen molar-refractivity contribution in [2.75, 3.05) is 32.7 Å². The average molecular weight is 593 g/mol. The van der Waals surface area contributed by atoms with Crippen LogP contribution in [0.5, 0.6) is 0 Å². The normalized spacial score (nSPS) is 17.8. The molecule has 42 heavy (non-hydrogen) atoms. The molecule has 8 nitrogen and oxygen atoms in total. The van der Waals surface area contributed by atoms with Crippen molar-refractivity contribution in [3.63, 3.8) is 0 Å². The second-order valence-electron chi connectivity index (χ2n) is 12.5. The van der Waals surface area contributed by atoms with E-state index in [0.29, 0.717) is 43.0 Å². The summed E-state index contributed by atoms with van der Waals surface area (Å²) in [6, 6.07) is 14.5. The lowest BCUT2D eigenvalue weighted by Gasteiger charge is -2.31. The average Bonchev–Trinajstić information content (AvgIpc) is 3.30. The Balaban J connectivity index is 1.34. The van der Waals surface area contributed by atoms with E-state index in [9.17, 15) is 14.7 Å². The Labute approximate surface area is 252 Å². The number of carbonyl (C=O) groups excluding carboxylic acids is 1. The minimum Gasteiger partial charge on any atom is -0.465 e. The van der Waals surface area contributed by atoms with Gasteiger partial charge in [-0.1, -0.05) is 48.0 Å². The van der Waals surface area contributed by atoms with Crippen molar-refractivity contribution in [1.82, 2.24) is 19.6 Å². The maximum absolute atomic E-state index is 12.4. The molecule has 0 saturated carbocycles. The molecule has 0 spiro atoms. The monoisotopic (exact) mass is 592 g/mol. The van der Waals surface area contributed by atoms with Gasteiger partial charge in [0.2, 0.25) is 0 Å². The van der Waals surface area contributed by atoms with Crippen LogP contribution in [0.3, 0.4) is 0 Å². The highest BCUT2D eigenvalue weighted by atomic mass is 35.5. The maximum Gasteiger partial charge on any atom is 0.407 e. The molecule has 1 N–H and O–H groups in total. The highest BCUT2D eigenvalue weighted by Gasteiger charge is 2.28. The number of halogens is 1. The smallest absolute Gasteiger partial charge is 0.407 e. The summed E-state index contributed by atoms with van der Waals surface area (Å²) < 4.78 is 7.63. The number of hydrogen-bond donors (Lipinski definition) is 1. The van der Waals surface area contributed by atoms with Gasteiger partial charge in [-0.2, -0.15) is 5.10 Å². The number of carbonyl (C=O) groups is 2. The molecule has 2 aliphatic rings. The van der Waals surface area contributed by atoms with Crippen molar-refractivity contribution in [3.05, 3.63) is 70.4 Å². The molecule has 3 heterocycles. The van der Waals surface area contributed by atoms with E-state index in [2.05, 4.69) is 39.9 Å². The Morgan fingerprint density at radius 2 is 1.71 bits per heavy atom. The van der Waals surface area contributed by atoms with Gasteiger partial charge in [-0.15, -0.1) is 0 Å². The third-order valence-corrected chi connectivity index (χ3v) is 8.42. The molecule has 3 aromatic rings. The van der Waals surface area contributed by atoms with Crippen molar-refractivity contribution in [1.29, 1.82) is 0 Å². The predicted molar refractivity (Wildman–Crippen MR) is 166 cm³/mol. The topological polar surface area (TPSA) is 87.9 Å². The number of nitrogens with zero attached hydrogens (tertiary/aromatic N) is 4. The zero-order chi connectivity index (χ0) is 29.9. The Hall–Kier alpha value is -3.36. The molecule has 0 bridgehead atoms. The number of aromatic nitrogens is 2. The lowest BCUT2D eigenvalue weighted by molar-refractivity contribution is -0.156. The molecule has 2 aliphatic heterocycles. The van der Waals surface area contributed by atoms with E-state index in [1.165, 1.54) is 10.3 Å². The Bertz CT molecular complexity index is 1430. The first-order valence-corrected chi connectivity index (χ1v) is 15.3. The number of benzene rings is 2. The summed E-state index contributed by atoms with van der Waals surface area (Å²) in [6.45, 7) is 9.48. The molecular weight excluding hydrogens is 552 g/mol. The number of rotatable bonds is 7. The van der Waals surface area contributed by atoms with Gasteiger partial charge in [0, 0.05) is 29.4 Å². The predicted octanol–water partition coefficient (Wildman–Crippen LogP) is 6.66. The number of esters is 1. The fourth-order valence-corrected chi connectivity index (χ4v) is 6.08. The van der Waals surface area contributed by atoms with Crippen LogP contribution in [0.25, 0.3) is 17.0 Å². The quantitative estimate of drug-likeness (QED) is 0.309. The fourth-order valence-electron chi connectivity index (χ4n) is 5.96. The largest absolute Gasteiger partial charge is 0.465 e. The fraction of sp³-hybridized carbons (Fsp3) is 0.485. The molecule has 9 heteroatoms. The van der Waals surface area contributed by atoms with Crippen LogP contribution in [-0.2, 0) is 16.1 Å². The second kappa shape index (κ2) is 12.9. The van der Waals surface area contributed by atoms with E-state index in [0.717, 1.165) is 61.1 Å². The van der Waals surface area contributed by atoms with Crippen molar-refractivity contribution in [2.24, 2.45) is 5.92 Å². The molecule has 1 amide bonds. The van der Waals surface area contributed by atoms with Crippen molar-refractivity contribution >= 4 is 40.6 Å². The van der Waals surface area contributed by atoms with Crippen molar-refractivity contribution in [3.8, 4) is 0 Å². The molecule has 1 aromatic heterocycles. The summed E-state index contributed by atoms with van der Waals surface area (Å²) >= 11 is 6.14. The summed E-state index contributed by atoms with van der Waals surface area (Å²) in [5.41, 5.74) is 3.98. The summed E-state index contributed by atoms with van der Waals surface area (Å²) in [5.74, 6) is 0.512. The van der Waals surface area contributed by atoms with Gasteiger partial charge < -0.3 is 14.7 Å². The molecular formula is C33H41ClN4O4. The Morgan fingerprint density at radius 3 is 2.36 bits per heavy atom. The van der Waals surface area contributed by atoms with Crippen LogP contribution in [0, 0.1) is 5.92 Å². The van der Waals surface area contributed by atoms with Gasteiger partial charge in [0.25, 0.3) is 0 Å². The van der Waals surface area contributed by atoms with Crippen LogP contribution in [-0.4, -0.2) is 75.1 Å². The van der Waals surface area contributed by atoms with Crippen LogP contribution < -0.4 is 0 Å². The highest BCUT2D eigenvalue weighted by molar-refractivity contribution is 6.30. The standard InChI is InChI=1S/C33H41ClN4O4/c1-33(2,3)42-30(39)22-36-16-14-26(15-17-36)31-28-11-8-24(5-4-23-12-18-37(19-13-23)32(40)41)20-29(28)38(35-31)21-25-6-9-27(34)10-7-25/h4-11,20,23,26H,12-19,21-22H2,1-3H3,(H,40,41)/b5-4+. The number of allylic oxidation sites excluding steroid dienone is 1.